The molecule has 0 atom stereocenters. The smallest absolute Gasteiger partial charge is 0.289 e. The third-order valence-electron chi connectivity index (χ3n) is 2.01. The van der Waals surface area contributed by atoms with E-state index in [4.69, 9.17) is 8.83 Å². The average Bonchev–Trinajstić information content (AvgIpc) is 2.87. The zero-order valence-corrected chi connectivity index (χ0v) is 11.2. The number of furan rings is 2. The van der Waals surface area contributed by atoms with Crippen molar-refractivity contribution < 1.29 is 29.3 Å². The number of rotatable bonds is 6. The number of hydrogen-bond donors (Lipinski definition) is 0. The molecule has 0 fully saturated rings. The van der Waals surface area contributed by atoms with Gasteiger partial charge >= 0.3 is 0 Å². The van der Waals surface area contributed by atoms with Gasteiger partial charge < -0.3 is 8.83 Å². The predicted octanol–water partition coefficient (Wildman–Crippen LogP) is 1.25. The van der Waals surface area contributed by atoms with E-state index in [0.29, 0.717) is 0 Å². The quantitative estimate of drug-likeness (QED) is 0.791. The van der Waals surface area contributed by atoms with E-state index in [1.807, 2.05) is 0 Å². The maximum absolute atomic E-state index is 11.6. The van der Waals surface area contributed by atoms with Crippen molar-refractivity contribution in [3.63, 3.8) is 0 Å². The Morgan fingerprint density at radius 3 is 1.58 bits per heavy atom. The van der Waals surface area contributed by atoms with Gasteiger partial charge in [-0.25, -0.2) is 0 Å². The minimum Gasteiger partial charge on any atom is -0.468 e. The first kappa shape index (κ1) is 13.8. The van der Waals surface area contributed by atoms with Gasteiger partial charge in [0.25, 0.3) is 20.2 Å². The molecule has 7 nitrogen and oxygen atoms in total. The van der Waals surface area contributed by atoms with Gasteiger partial charge in [0.1, 0.15) is 23.0 Å². The summed E-state index contributed by atoms with van der Waals surface area (Å²) in [6, 6.07) is 5.78. The monoisotopic (exact) mass is 306 g/mol. The van der Waals surface area contributed by atoms with Crippen molar-refractivity contribution in [3.8, 4) is 0 Å². The molecule has 0 aliphatic carbocycles. The maximum atomic E-state index is 11.6. The highest BCUT2D eigenvalue weighted by Crippen LogP contribution is 2.14. The van der Waals surface area contributed by atoms with Crippen LogP contribution in [0.1, 0.15) is 11.5 Å². The molecule has 2 aromatic heterocycles. The topological polar surface area (TPSA) is 104 Å². The van der Waals surface area contributed by atoms with E-state index in [-0.39, 0.29) is 11.5 Å². The molecule has 0 unspecified atom stereocenters. The zero-order valence-electron chi connectivity index (χ0n) is 9.55. The molecule has 0 aliphatic heterocycles. The van der Waals surface area contributed by atoms with Crippen LogP contribution in [0.5, 0.6) is 0 Å². The fourth-order valence-corrected chi connectivity index (χ4v) is 4.02. The maximum Gasteiger partial charge on any atom is 0.289 e. The molecule has 0 aliphatic rings. The second kappa shape index (κ2) is 5.19. The predicted molar refractivity (Wildman–Crippen MR) is 63.7 cm³/mol. The van der Waals surface area contributed by atoms with Gasteiger partial charge in [-0.15, -0.1) is 3.63 Å². The van der Waals surface area contributed by atoms with Gasteiger partial charge in [-0.2, -0.15) is 16.8 Å². The number of hydrogen-bond acceptors (Lipinski definition) is 7. The summed E-state index contributed by atoms with van der Waals surface area (Å²) in [6.07, 6.45) is 2.56. The van der Waals surface area contributed by atoms with Crippen LogP contribution in [0.3, 0.4) is 0 Å². The Labute approximate surface area is 110 Å². The molecule has 9 heteroatoms. The summed E-state index contributed by atoms with van der Waals surface area (Å²) >= 11 is 0. The van der Waals surface area contributed by atoms with Crippen LogP contribution in [-0.2, 0) is 35.4 Å². The Balaban J connectivity index is 2.07. The van der Waals surface area contributed by atoms with E-state index in [0.717, 1.165) is 0 Å². The second-order valence-electron chi connectivity index (χ2n) is 3.63. The Hall–Kier alpha value is -1.58. The molecule has 0 amide bonds. The molecule has 2 aromatic rings. The summed E-state index contributed by atoms with van der Waals surface area (Å²) in [5, 5.41) is 0. The van der Waals surface area contributed by atoms with Crippen LogP contribution in [0.4, 0.5) is 0 Å². The lowest BCUT2D eigenvalue weighted by Gasteiger charge is -2.03. The zero-order chi connectivity index (χ0) is 13.9. The highest BCUT2D eigenvalue weighted by atomic mass is 32.3. The van der Waals surface area contributed by atoms with Gasteiger partial charge in [0, 0.05) is 0 Å². The summed E-state index contributed by atoms with van der Waals surface area (Å²) in [4.78, 5) is 0. The van der Waals surface area contributed by atoms with Gasteiger partial charge in [-0.3, -0.25) is 0 Å². The van der Waals surface area contributed by atoms with Crippen LogP contribution in [0.2, 0.25) is 0 Å². The van der Waals surface area contributed by atoms with E-state index in [1.165, 1.54) is 36.8 Å². The molecule has 2 rings (SSSR count). The first-order valence-electron chi connectivity index (χ1n) is 5.07. The van der Waals surface area contributed by atoms with Crippen LogP contribution < -0.4 is 0 Å². The highest BCUT2D eigenvalue weighted by molar-refractivity contribution is 7.99. The van der Waals surface area contributed by atoms with Gasteiger partial charge in [0.2, 0.25) is 0 Å². The van der Waals surface area contributed by atoms with E-state index < -0.39 is 31.7 Å². The average molecular weight is 306 g/mol. The first-order chi connectivity index (χ1) is 8.86. The molecule has 0 saturated heterocycles. The van der Waals surface area contributed by atoms with Crippen molar-refractivity contribution in [2.24, 2.45) is 0 Å². The third kappa shape index (κ3) is 4.23. The Kier molecular flexibility index (Phi) is 3.78. The van der Waals surface area contributed by atoms with Crippen molar-refractivity contribution in [1.29, 1.82) is 0 Å². The van der Waals surface area contributed by atoms with Crippen molar-refractivity contribution in [2.45, 2.75) is 11.5 Å². The van der Waals surface area contributed by atoms with E-state index in [1.54, 1.807) is 0 Å². The van der Waals surface area contributed by atoms with Crippen molar-refractivity contribution in [1.82, 2.24) is 0 Å². The molecule has 0 bridgehead atoms. The van der Waals surface area contributed by atoms with Gasteiger partial charge in [-0.1, -0.05) is 0 Å². The van der Waals surface area contributed by atoms with E-state index in [9.17, 15) is 16.8 Å². The highest BCUT2D eigenvalue weighted by Gasteiger charge is 2.25. The van der Waals surface area contributed by atoms with Crippen molar-refractivity contribution >= 4 is 20.2 Å². The van der Waals surface area contributed by atoms with Crippen LogP contribution in [0, 0.1) is 0 Å². The molecule has 0 spiro atoms. The Morgan fingerprint density at radius 2 is 1.26 bits per heavy atom. The molecular weight excluding hydrogens is 296 g/mol. The van der Waals surface area contributed by atoms with Gasteiger partial charge in [-0.05, 0) is 24.3 Å². The van der Waals surface area contributed by atoms with Crippen LogP contribution >= 0.6 is 0 Å². The lowest BCUT2D eigenvalue weighted by molar-refractivity contribution is 0.446. The van der Waals surface area contributed by atoms with E-state index >= 15 is 0 Å². The van der Waals surface area contributed by atoms with Crippen LogP contribution in [0.15, 0.2) is 45.6 Å². The summed E-state index contributed by atoms with van der Waals surface area (Å²) in [5.41, 5.74) is 0. The first-order valence-corrected chi connectivity index (χ1v) is 8.23. The molecule has 0 radical (unpaired) electrons. The van der Waals surface area contributed by atoms with Gasteiger partial charge in [0.15, 0.2) is 0 Å². The van der Waals surface area contributed by atoms with Crippen molar-refractivity contribution in [3.05, 3.63) is 48.3 Å². The SMILES string of the molecule is O=S(=O)(Cc1ccco1)OS(=O)(=O)Cc1ccco1. The Bertz CT molecular complexity index is 645. The lowest BCUT2D eigenvalue weighted by atomic mass is 10.5. The summed E-state index contributed by atoms with van der Waals surface area (Å²) in [7, 11) is -8.58. The summed E-state index contributed by atoms with van der Waals surface area (Å²) < 4.78 is 60.0. The fourth-order valence-electron chi connectivity index (χ4n) is 1.34. The molecule has 0 N–H and O–H groups in total. The van der Waals surface area contributed by atoms with E-state index in [2.05, 4.69) is 3.63 Å². The summed E-state index contributed by atoms with van der Waals surface area (Å²) in [6.45, 7) is 0. The van der Waals surface area contributed by atoms with Crippen LogP contribution in [-0.4, -0.2) is 16.8 Å². The molecule has 104 valence electrons. The lowest BCUT2D eigenvalue weighted by Crippen LogP contribution is -2.16. The normalized spacial score (nSPS) is 12.6. The summed E-state index contributed by atoms with van der Waals surface area (Å²) in [5.74, 6) is -1.13. The second-order valence-corrected chi connectivity index (χ2v) is 6.98. The standard InChI is InChI=1S/C10H10O7S2/c11-18(12,7-9-3-1-5-15-9)17-19(13,14)8-10-4-2-6-16-10/h1-6H,7-8H2. The molecule has 0 saturated carbocycles. The minimum atomic E-state index is -4.29. The third-order valence-corrected chi connectivity index (χ3v) is 4.94. The molecule has 0 aromatic carbocycles. The minimum absolute atomic E-state index is 0.0909. The molecular formula is C10H10O7S2. The van der Waals surface area contributed by atoms with Crippen molar-refractivity contribution in [2.75, 3.05) is 0 Å². The largest absolute Gasteiger partial charge is 0.468 e. The molecule has 2 heterocycles. The van der Waals surface area contributed by atoms with Crippen LogP contribution in [0.25, 0.3) is 0 Å². The van der Waals surface area contributed by atoms with Gasteiger partial charge in [0.05, 0.1) is 12.5 Å². The fraction of sp³-hybridized carbons (Fsp3) is 0.200. The Morgan fingerprint density at radius 1 is 0.842 bits per heavy atom. The molecule has 19 heavy (non-hydrogen) atoms.